The van der Waals surface area contributed by atoms with Crippen molar-refractivity contribution in [2.75, 3.05) is 26.5 Å². The number of methoxy groups -OCH3 is 2. The second-order valence-corrected chi connectivity index (χ2v) is 8.99. The molecule has 1 amide bonds. The topological polar surface area (TPSA) is 95.5 Å². The number of fused-ring (bicyclic) bond motifs is 1. The molecule has 2 aromatic heterocycles. The highest BCUT2D eigenvalue weighted by molar-refractivity contribution is 5.94. The van der Waals surface area contributed by atoms with E-state index in [0.717, 1.165) is 60.1 Å². The van der Waals surface area contributed by atoms with Crippen molar-refractivity contribution in [1.82, 2.24) is 19.4 Å². The number of hydrogen-bond acceptors (Lipinski definition) is 6. The van der Waals surface area contributed by atoms with Crippen molar-refractivity contribution in [3.8, 4) is 23.3 Å². The molecule has 1 saturated heterocycles. The van der Waals surface area contributed by atoms with E-state index in [1.807, 2.05) is 23.1 Å². The Balaban J connectivity index is 1.64. The molecule has 8 heteroatoms. The third kappa shape index (κ3) is 4.30. The summed E-state index contributed by atoms with van der Waals surface area (Å²) in [4.78, 5) is 23.2. The van der Waals surface area contributed by atoms with Gasteiger partial charge in [0, 0.05) is 36.3 Å². The van der Waals surface area contributed by atoms with Gasteiger partial charge in [0.2, 0.25) is 5.91 Å². The van der Waals surface area contributed by atoms with Crippen LogP contribution in [0.25, 0.3) is 11.0 Å². The lowest BCUT2D eigenvalue weighted by Crippen LogP contribution is -2.37. The van der Waals surface area contributed by atoms with Crippen LogP contribution in [0.2, 0.25) is 0 Å². The largest absolute Gasteiger partial charge is 0.497 e. The van der Waals surface area contributed by atoms with Crippen molar-refractivity contribution in [3.63, 3.8) is 0 Å². The number of anilines is 1. The van der Waals surface area contributed by atoms with Gasteiger partial charge in [-0.1, -0.05) is 18.4 Å². The molecular formula is C27H29N5O3. The molecule has 3 heterocycles. The highest BCUT2D eigenvalue weighted by Gasteiger charge is 2.35. The molecule has 2 fully saturated rings. The van der Waals surface area contributed by atoms with Gasteiger partial charge in [0.15, 0.2) is 0 Å². The van der Waals surface area contributed by atoms with Crippen LogP contribution in [-0.4, -0.2) is 52.1 Å². The monoisotopic (exact) mass is 471 g/mol. The SMILES string of the molecule is C=CC(=O)N1CCC[C@@H]1Cn1c(C2CC2)c(C#Cc2cc(OC)cc(OC)c2)c2c(N)ncnc21. The quantitative estimate of drug-likeness (QED) is 0.437. The van der Waals surface area contributed by atoms with Gasteiger partial charge >= 0.3 is 0 Å². The average molecular weight is 472 g/mol. The normalized spacial score (nSPS) is 17.2. The van der Waals surface area contributed by atoms with Crippen molar-refractivity contribution in [2.45, 2.75) is 44.2 Å². The van der Waals surface area contributed by atoms with Crippen LogP contribution in [-0.2, 0) is 11.3 Å². The summed E-state index contributed by atoms with van der Waals surface area (Å²) in [6, 6.07) is 5.65. The molecule has 1 aliphatic heterocycles. The first-order chi connectivity index (χ1) is 17.0. The fraction of sp³-hybridized carbons (Fsp3) is 0.370. The number of likely N-dealkylation sites (tertiary alicyclic amines) is 1. The van der Waals surface area contributed by atoms with Crippen LogP contribution in [0.5, 0.6) is 11.5 Å². The molecule has 1 aliphatic carbocycles. The van der Waals surface area contributed by atoms with Crippen molar-refractivity contribution >= 4 is 22.8 Å². The Kier molecular flexibility index (Phi) is 6.08. The Bertz CT molecular complexity index is 1340. The molecule has 2 N–H and O–H groups in total. The first kappa shape index (κ1) is 22.8. The molecule has 3 aromatic rings. The molecule has 2 aliphatic rings. The Morgan fingerprint density at radius 3 is 2.57 bits per heavy atom. The van der Waals surface area contributed by atoms with E-state index in [1.54, 1.807) is 14.2 Å². The Morgan fingerprint density at radius 2 is 1.91 bits per heavy atom. The number of ether oxygens (including phenoxy) is 2. The van der Waals surface area contributed by atoms with Crippen LogP contribution in [0.3, 0.4) is 0 Å². The average Bonchev–Trinajstić information content (AvgIpc) is 3.52. The highest BCUT2D eigenvalue weighted by atomic mass is 16.5. The van der Waals surface area contributed by atoms with Gasteiger partial charge in [-0.2, -0.15) is 0 Å². The van der Waals surface area contributed by atoms with Gasteiger partial charge in [-0.15, -0.1) is 0 Å². The van der Waals surface area contributed by atoms with Crippen LogP contribution >= 0.6 is 0 Å². The lowest BCUT2D eigenvalue weighted by Gasteiger charge is -2.25. The van der Waals surface area contributed by atoms with Crippen molar-refractivity contribution in [2.24, 2.45) is 0 Å². The maximum absolute atomic E-state index is 12.4. The predicted molar refractivity (Wildman–Crippen MR) is 134 cm³/mol. The molecule has 0 spiro atoms. The van der Waals surface area contributed by atoms with Crippen LogP contribution < -0.4 is 15.2 Å². The maximum Gasteiger partial charge on any atom is 0.246 e. The summed E-state index contributed by atoms with van der Waals surface area (Å²) >= 11 is 0. The second-order valence-electron chi connectivity index (χ2n) is 8.99. The number of carbonyl (C=O) groups is 1. The molecule has 1 aromatic carbocycles. The third-order valence-electron chi connectivity index (χ3n) is 6.78. The van der Waals surface area contributed by atoms with E-state index in [9.17, 15) is 4.79 Å². The number of nitrogens with zero attached hydrogens (tertiary/aromatic N) is 4. The minimum Gasteiger partial charge on any atom is -0.497 e. The third-order valence-corrected chi connectivity index (χ3v) is 6.78. The molecular weight excluding hydrogens is 442 g/mol. The molecule has 8 nitrogen and oxygen atoms in total. The van der Waals surface area contributed by atoms with E-state index in [4.69, 9.17) is 15.2 Å². The second kappa shape index (κ2) is 9.34. The first-order valence-corrected chi connectivity index (χ1v) is 11.8. The van der Waals surface area contributed by atoms with Gasteiger partial charge in [0.25, 0.3) is 0 Å². The predicted octanol–water partition coefficient (Wildman–Crippen LogP) is 3.48. The van der Waals surface area contributed by atoms with E-state index in [-0.39, 0.29) is 11.9 Å². The zero-order chi connectivity index (χ0) is 24.5. The summed E-state index contributed by atoms with van der Waals surface area (Å²) in [6.45, 7) is 5.07. The molecule has 1 atom stereocenters. The van der Waals surface area contributed by atoms with Crippen molar-refractivity contribution < 1.29 is 14.3 Å². The number of amides is 1. The number of nitrogens with two attached hydrogens (primary N) is 1. The fourth-order valence-corrected chi connectivity index (χ4v) is 4.96. The summed E-state index contributed by atoms with van der Waals surface area (Å²) in [6.07, 6.45) is 6.98. The lowest BCUT2D eigenvalue weighted by molar-refractivity contribution is -0.127. The Labute approximate surface area is 204 Å². The van der Waals surface area contributed by atoms with E-state index < -0.39 is 0 Å². The standard InChI is InChI=1S/C27H29N5O3/c1-4-23(33)31-11-5-6-19(31)15-32-25(18-8-9-18)22(24-26(28)29-16-30-27(24)32)10-7-17-12-20(34-2)14-21(13-17)35-3/h4,12-14,16,18-19H,1,5-6,8-9,11,15H2,2-3H3,(H2,28,29,30)/t19-/m1/s1. The van der Waals surface area contributed by atoms with Gasteiger partial charge in [-0.25, -0.2) is 9.97 Å². The molecule has 1 saturated carbocycles. The van der Waals surface area contributed by atoms with Crippen LogP contribution in [0.4, 0.5) is 5.82 Å². The minimum absolute atomic E-state index is 0.0296. The Morgan fingerprint density at radius 1 is 1.17 bits per heavy atom. The highest BCUT2D eigenvalue weighted by Crippen LogP contribution is 2.45. The van der Waals surface area contributed by atoms with E-state index >= 15 is 0 Å². The number of hydrogen-bond donors (Lipinski definition) is 1. The minimum atomic E-state index is -0.0296. The summed E-state index contributed by atoms with van der Waals surface area (Å²) in [5, 5.41) is 0.774. The lowest BCUT2D eigenvalue weighted by atomic mass is 10.1. The molecule has 0 radical (unpaired) electrons. The first-order valence-electron chi connectivity index (χ1n) is 11.8. The van der Waals surface area contributed by atoms with Gasteiger partial charge in [-0.05, 0) is 43.9 Å². The fourth-order valence-electron chi connectivity index (χ4n) is 4.96. The molecule has 180 valence electrons. The zero-order valence-electron chi connectivity index (χ0n) is 20.1. The summed E-state index contributed by atoms with van der Waals surface area (Å²) in [5.41, 5.74) is 9.91. The number of aromatic nitrogens is 3. The van der Waals surface area contributed by atoms with Gasteiger partial charge in [-0.3, -0.25) is 4.79 Å². The van der Waals surface area contributed by atoms with E-state index in [1.165, 1.54) is 12.4 Å². The van der Waals surface area contributed by atoms with Crippen LogP contribution in [0, 0.1) is 11.8 Å². The summed E-state index contributed by atoms with van der Waals surface area (Å²) in [5.74, 6) is 8.79. The number of rotatable bonds is 6. The van der Waals surface area contributed by atoms with Crippen molar-refractivity contribution in [1.29, 1.82) is 0 Å². The van der Waals surface area contributed by atoms with Gasteiger partial charge < -0.3 is 24.7 Å². The van der Waals surface area contributed by atoms with Crippen LogP contribution in [0.1, 0.15) is 48.4 Å². The van der Waals surface area contributed by atoms with E-state index in [2.05, 4.69) is 33.0 Å². The van der Waals surface area contributed by atoms with Crippen molar-refractivity contribution in [3.05, 3.63) is 54.0 Å². The van der Waals surface area contributed by atoms with Crippen LogP contribution in [0.15, 0.2) is 37.2 Å². The summed E-state index contributed by atoms with van der Waals surface area (Å²) in [7, 11) is 3.23. The van der Waals surface area contributed by atoms with Gasteiger partial charge in [0.1, 0.15) is 29.3 Å². The Hall–Kier alpha value is -3.99. The number of benzene rings is 1. The maximum atomic E-state index is 12.4. The molecule has 0 unspecified atom stereocenters. The summed E-state index contributed by atoms with van der Waals surface area (Å²) < 4.78 is 13.0. The zero-order valence-corrected chi connectivity index (χ0v) is 20.1. The van der Waals surface area contributed by atoms with E-state index in [0.29, 0.717) is 29.8 Å². The van der Waals surface area contributed by atoms with Gasteiger partial charge in [0.05, 0.1) is 31.2 Å². The smallest absolute Gasteiger partial charge is 0.246 e. The molecule has 35 heavy (non-hydrogen) atoms. The number of carbonyl (C=O) groups excluding carboxylic acids is 1. The molecule has 0 bridgehead atoms. The molecule has 5 rings (SSSR count). The number of nitrogen functional groups attached to an aromatic ring is 1.